The van der Waals surface area contributed by atoms with Gasteiger partial charge in [-0.15, -0.1) is 0 Å². The lowest BCUT2D eigenvalue weighted by Crippen LogP contribution is -2.24. The van der Waals surface area contributed by atoms with Gasteiger partial charge in [-0.3, -0.25) is 4.79 Å². The molecule has 1 aliphatic rings. The number of hydrogen-bond acceptors (Lipinski definition) is 6. The number of hydrogen-bond donors (Lipinski definition) is 0. The third-order valence-corrected chi connectivity index (χ3v) is 4.48. The Morgan fingerprint density at radius 2 is 1.93 bits per heavy atom. The first-order valence-electron chi connectivity index (χ1n) is 9.06. The lowest BCUT2D eigenvalue weighted by molar-refractivity contribution is -0.147. The smallest absolute Gasteiger partial charge is 0.344 e. The summed E-state index contributed by atoms with van der Waals surface area (Å²) in [5, 5.41) is 0. The van der Waals surface area contributed by atoms with E-state index in [1.54, 1.807) is 24.3 Å². The van der Waals surface area contributed by atoms with E-state index in [-0.39, 0.29) is 24.6 Å². The molecule has 1 heterocycles. The van der Waals surface area contributed by atoms with Crippen molar-refractivity contribution in [3.05, 3.63) is 53.1 Å². The van der Waals surface area contributed by atoms with Crippen LogP contribution in [0.1, 0.15) is 42.3 Å². The zero-order valence-electron chi connectivity index (χ0n) is 16.5. The maximum absolute atomic E-state index is 12.1. The van der Waals surface area contributed by atoms with Crippen molar-refractivity contribution in [1.29, 1.82) is 0 Å². The van der Waals surface area contributed by atoms with Crippen LogP contribution in [0.25, 0.3) is 0 Å². The fourth-order valence-electron chi connectivity index (χ4n) is 3.15. The van der Waals surface area contributed by atoms with Gasteiger partial charge in [0.2, 0.25) is 0 Å². The number of Topliss-reactive ketones (excluding diaryl/α,β-unsaturated/α-hetero) is 1. The summed E-state index contributed by atoms with van der Waals surface area (Å²) in [6, 6.07) is 10.7. The number of rotatable bonds is 7. The maximum Gasteiger partial charge on any atom is 0.344 e. The molecule has 0 aromatic heterocycles. The van der Waals surface area contributed by atoms with Gasteiger partial charge in [0, 0.05) is 23.1 Å². The second-order valence-electron chi connectivity index (χ2n) is 7.32. The highest BCUT2D eigenvalue weighted by molar-refractivity contribution is 5.94. The number of benzene rings is 2. The van der Waals surface area contributed by atoms with E-state index in [1.807, 2.05) is 26.0 Å². The minimum absolute atomic E-state index is 0.0110. The molecular weight excluding hydrogens is 360 g/mol. The molecule has 28 heavy (non-hydrogen) atoms. The fourth-order valence-corrected chi connectivity index (χ4v) is 3.15. The molecule has 0 amide bonds. The van der Waals surface area contributed by atoms with E-state index < -0.39 is 5.97 Å². The van der Waals surface area contributed by atoms with Crippen molar-refractivity contribution in [3.8, 4) is 17.2 Å². The van der Waals surface area contributed by atoms with Crippen molar-refractivity contribution in [2.75, 3.05) is 13.7 Å². The van der Waals surface area contributed by atoms with Crippen LogP contribution in [0, 0.1) is 0 Å². The Labute approximate surface area is 164 Å². The third-order valence-electron chi connectivity index (χ3n) is 4.48. The SMILES string of the molecule is COc1ccc(C(C)=O)cc1COC(=O)COc1cccc2c1OC(C)(C)C2. The number of esters is 1. The molecule has 1 aliphatic heterocycles. The lowest BCUT2D eigenvalue weighted by atomic mass is 10.0. The second-order valence-corrected chi connectivity index (χ2v) is 7.32. The van der Waals surface area contributed by atoms with E-state index in [0.29, 0.717) is 28.4 Å². The Morgan fingerprint density at radius 1 is 1.14 bits per heavy atom. The average molecular weight is 384 g/mol. The summed E-state index contributed by atoms with van der Waals surface area (Å²) in [4.78, 5) is 23.7. The quantitative estimate of drug-likeness (QED) is 0.535. The number of methoxy groups -OCH3 is 1. The van der Waals surface area contributed by atoms with Crippen molar-refractivity contribution >= 4 is 11.8 Å². The lowest BCUT2D eigenvalue weighted by Gasteiger charge is -2.18. The Hall–Kier alpha value is -3.02. The first-order valence-corrected chi connectivity index (χ1v) is 9.06. The summed E-state index contributed by atoms with van der Waals surface area (Å²) in [6.07, 6.45) is 0.788. The van der Waals surface area contributed by atoms with Crippen LogP contribution in [0.4, 0.5) is 0 Å². The van der Waals surface area contributed by atoms with E-state index in [2.05, 4.69) is 0 Å². The van der Waals surface area contributed by atoms with Gasteiger partial charge in [0.25, 0.3) is 0 Å². The minimum Gasteiger partial charge on any atom is -0.496 e. The van der Waals surface area contributed by atoms with Gasteiger partial charge in [-0.05, 0) is 45.0 Å². The summed E-state index contributed by atoms with van der Waals surface area (Å²) in [5.74, 6) is 1.16. The Bertz CT molecular complexity index is 900. The van der Waals surface area contributed by atoms with Gasteiger partial charge in [-0.1, -0.05) is 12.1 Å². The number of fused-ring (bicyclic) bond motifs is 1. The zero-order chi connectivity index (χ0) is 20.3. The zero-order valence-corrected chi connectivity index (χ0v) is 16.5. The first kappa shape index (κ1) is 19.7. The minimum atomic E-state index is -0.523. The Morgan fingerprint density at radius 3 is 2.64 bits per heavy atom. The van der Waals surface area contributed by atoms with E-state index in [0.717, 1.165) is 12.0 Å². The van der Waals surface area contributed by atoms with Crippen LogP contribution in [-0.2, 0) is 22.6 Å². The van der Waals surface area contributed by atoms with Crippen molar-refractivity contribution in [3.63, 3.8) is 0 Å². The summed E-state index contributed by atoms with van der Waals surface area (Å²) in [5.41, 5.74) is 1.92. The highest BCUT2D eigenvalue weighted by Gasteiger charge is 2.32. The van der Waals surface area contributed by atoms with Crippen LogP contribution in [0.3, 0.4) is 0 Å². The van der Waals surface area contributed by atoms with Crippen LogP contribution >= 0.6 is 0 Å². The molecule has 2 aromatic carbocycles. The number of ketones is 1. The normalized spacial score (nSPS) is 14.0. The van der Waals surface area contributed by atoms with Gasteiger partial charge in [0.05, 0.1) is 7.11 Å². The van der Waals surface area contributed by atoms with E-state index in [9.17, 15) is 9.59 Å². The van der Waals surface area contributed by atoms with Gasteiger partial charge in [-0.25, -0.2) is 4.79 Å². The fraction of sp³-hybridized carbons (Fsp3) is 0.364. The summed E-state index contributed by atoms with van der Waals surface area (Å²) in [6.45, 7) is 5.24. The van der Waals surface area contributed by atoms with E-state index in [1.165, 1.54) is 14.0 Å². The largest absolute Gasteiger partial charge is 0.496 e. The summed E-state index contributed by atoms with van der Waals surface area (Å²) < 4.78 is 22.1. The van der Waals surface area contributed by atoms with Crippen molar-refractivity contribution < 1.29 is 28.5 Å². The molecule has 0 aliphatic carbocycles. The maximum atomic E-state index is 12.1. The van der Waals surface area contributed by atoms with Crippen LogP contribution < -0.4 is 14.2 Å². The average Bonchev–Trinajstić information content (AvgIpc) is 2.98. The molecule has 0 bridgehead atoms. The van der Waals surface area contributed by atoms with Gasteiger partial charge in [0.15, 0.2) is 23.9 Å². The van der Waals surface area contributed by atoms with Crippen LogP contribution in [-0.4, -0.2) is 31.1 Å². The highest BCUT2D eigenvalue weighted by Crippen LogP contribution is 2.41. The predicted octanol–water partition coefficient (Wildman–Crippen LogP) is 3.73. The van der Waals surface area contributed by atoms with Gasteiger partial charge >= 0.3 is 5.97 Å². The number of para-hydroxylation sites is 1. The predicted molar refractivity (Wildman–Crippen MR) is 103 cm³/mol. The second kappa shape index (κ2) is 7.92. The third kappa shape index (κ3) is 4.44. The number of carbonyl (C=O) groups is 2. The molecule has 2 aromatic rings. The molecule has 0 fully saturated rings. The number of carbonyl (C=O) groups excluding carboxylic acids is 2. The molecule has 3 rings (SSSR count). The molecule has 0 radical (unpaired) electrons. The standard InChI is InChI=1S/C22H24O6/c1-14(23)15-8-9-18(25-4)17(10-15)12-27-20(24)13-26-19-7-5-6-16-11-22(2,3)28-21(16)19/h5-10H,11-13H2,1-4H3. The molecule has 148 valence electrons. The molecule has 0 saturated heterocycles. The molecule has 0 saturated carbocycles. The van der Waals surface area contributed by atoms with E-state index in [4.69, 9.17) is 18.9 Å². The van der Waals surface area contributed by atoms with Crippen LogP contribution in [0.15, 0.2) is 36.4 Å². The molecule has 0 atom stereocenters. The van der Waals surface area contributed by atoms with Crippen LogP contribution in [0.5, 0.6) is 17.2 Å². The topological polar surface area (TPSA) is 71.1 Å². The van der Waals surface area contributed by atoms with Crippen molar-refractivity contribution in [1.82, 2.24) is 0 Å². The highest BCUT2D eigenvalue weighted by atomic mass is 16.6. The molecule has 0 unspecified atom stereocenters. The van der Waals surface area contributed by atoms with E-state index >= 15 is 0 Å². The monoisotopic (exact) mass is 384 g/mol. The van der Waals surface area contributed by atoms with Gasteiger partial charge in [-0.2, -0.15) is 0 Å². The first-order chi connectivity index (χ1) is 13.3. The van der Waals surface area contributed by atoms with Gasteiger partial charge < -0.3 is 18.9 Å². The van der Waals surface area contributed by atoms with Crippen molar-refractivity contribution in [2.24, 2.45) is 0 Å². The molecule has 0 spiro atoms. The van der Waals surface area contributed by atoms with Crippen molar-refractivity contribution in [2.45, 2.75) is 39.4 Å². The molecule has 0 N–H and O–H groups in total. The Kier molecular flexibility index (Phi) is 5.58. The molecular formula is C22H24O6. The van der Waals surface area contributed by atoms with Crippen LogP contribution in [0.2, 0.25) is 0 Å². The number of ether oxygens (including phenoxy) is 4. The summed E-state index contributed by atoms with van der Waals surface area (Å²) in [7, 11) is 1.52. The molecule has 6 heteroatoms. The summed E-state index contributed by atoms with van der Waals surface area (Å²) >= 11 is 0. The Balaban J connectivity index is 1.60. The van der Waals surface area contributed by atoms with Gasteiger partial charge in [0.1, 0.15) is 18.0 Å². The molecule has 6 nitrogen and oxygen atoms in total.